The summed E-state index contributed by atoms with van der Waals surface area (Å²) in [6, 6.07) is 5.72. The second kappa shape index (κ2) is 6.98. The molecular weight excluding hydrogens is 304 g/mol. The number of unbranched alkanes of at least 4 members (excludes halogenated alkanes) is 1. The number of carbonyl (C=O) groups is 1. The Balaban J connectivity index is 2.31. The Morgan fingerprint density at radius 1 is 1.12 bits per heavy atom. The van der Waals surface area contributed by atoms with Crippen molar-refractivity contribution in [3.63, 3.8) is 0 Å². The summed E-state index contributed by atoms with van der Waals surface area (Å²) in [5.41, 5.74) is 0.175. The number of hydrogen-bond donors (Lipinski definition) is 0. The van der Waals surface area contributed by atoms with Gasteiger partial charge in [-0.25, -0.2) is 0 Å². The van der Waals surface area contributed by atoms with Crippen LogP contribution in [0.3, 0.4) is 0 Å². The number of rotatable bonds is 6. The fourth-order valence-electron chi connectivity index (χ4n) is 2.96. The maximum Gasteiger partial charge on any atom is 0.192 e. The van der Waals surface area contributed by atoms with Gasteiger partial charge in [0.15, 0.2) is 17.3 Å². The summed E-state index contributed by atoms with van der Waals surface area (Å²) in [6.07, 6.45) is 3.97. The molecule has 2 rings (SSSR count). The monoisotopic (exact) mass is 332 g/mol. The van der Waals surface area contributed by atoms with Gasteiger partial charge < -0.3 is 14.2 Å². The van der Waals surface area contributed by atoms with Gasteiger partial charge in [0.1, 0.15) is 5.60 Å². The number of carbonyl (C=O) groups excluding carboxylic acids is 1. The van der Waals surface area contributed by atoms with Crippen LogP contribution < -0.4 is 9.47 Å². The SMILES string of the molecule is CCCCOc1ccc(C=C2C(=O)C(C)(C)OC2(C)C)cc1OC. The lowest BCUT2D eigenvalue weighted by molar-refractivity contribution is -0.132. The molecule has 1 aliphatic heterocycles. The van der Waals surface area contributed by atoms with Gasteiger partial charge in [-0.3, -0.25) is 4.79 Å². The molecule has 4 nitrogen and oxygen atoms in total. The van der Waals surface area contributed by atoms with Gasteiger partial charge in [0.25, 0.3) is 0 Å². The van der Waals surface area contributed by atoms with E-state index >= 15 is 0 Å². The van der Waals surface area contributed by atoms with E-state index in [0.717, 1.165) is 24.2 Å². The molecule has 1 fully saturated rings. The van der Waals surface area contributed by atoms with Crippen molar-refractivity contribution in [1.82, 2.24) is 0 Å². The van der Waals surface area contributed by atoms with Crippen LogP contribution in [-0.2, 0) is 9.53 Å². The highest BCUT2D eigenvalue weighted by atomic mass is 16.5. The van der Waals surface area contributed by atoms with Crippen molar-refractivity contribution < 1.29 is 19.0 Å². The van der Waals surface area contributed by atoms with E-state index in [1.807, 2.05) is 52.0 Å². The zero-order valence-corrected chi connectivity index (χ0v) is 15.6. The summed E-state index contributed by atoms with van der Waals surface area (Å²) in [5, 5.41) is 0. The summed E-state index contributed by atoms with van der Waals surface area (Å²) in [7, 11) is 1.62. The highest BCUT2D eigenvalue weighted by molar-refractivity contribution is 6.08. The van der Waals surface area contributed by atoms with Gasteiger partial charge in [0.2, 0.25) is 0 Å². The minimum Gasteiger partial charge on any atom is -0.493 e. The van der Waals surface area contributed by atoms with E-state index in [4.69, 9.17) is 14.2 Å². The smallest absolute Gasteiger partial charge is 0.192 e. The van der Waals surface area contributed by atoms with Crippen LogP contribution in [0.15, 0.2) is 23.8 Å². The van der Waals surface area contributed by atoms with Crippen molar-refractivity contribution in [2.24, 2.45) is 0 Å². The van der Waals surface area contributed by atoms with E-state index in [2.05, 4.69) is 6.92 Å². The first kappa shape index (κ1) is 18.5. The molecule has 4 heteroatoms. The molecule has 1 heterocycles. The van der Waals surface area contributed by atoms with Crippen LogP contribution in [0, 0.1) is 0 Å². The standard InChI is InChI=1S/C20H28O4/c1-7-8-11-23-16-10-9-14(13-17(16)22-6)12-15-18(21)20(4,5)24-19(15,2)3/h9-10,12-13H,7-8,11H2,1-6H3. The van der Waals surface area contributed by atoms with Gasteiger partial charge in [-0.1, -0.05) is 19.4 Å². The van der Waals surface area contributed by atoms with Crippen LogP contribution in [0.5, 0.6) is 11.5 Å². The largest absolute Gasteiger partial charge is 0.493 e. The minimum atomic E-state index is -0.789. The van der Waals surface area contributed by atoms with Crippen molar-refractivity contribution >= 4 is 11.9 Å². The van der Waals surface area contributed by atoms with E-state index in [1.165, 1.54) is 0 Å². The summed E-state index contributed by atoms with van der Waals surface area (Å²) in [5.74, 6) is 1.42. The lowest BCUT2D eigenvalue weighted by Crippen LogP contribution is -2.29. The second-order valence-electron chi connectivity index (χ2n) is 7.12. The van der Waals surface area contributed by atoms with Gasteiger partial charge >= 0.3 is 0 Å². The number of hydrogen-bond acceptors (Lipinski definition) is 4. The Labute approximate surface area is 144 Å². The molecule has 0 radical (unpaired) electrons. The molecule has 1 aromatic rings. The summed E-state index contributed by atoms with van der Waals surface area (Å²) >= 11 is 0. The maximum absolute atomic E-state index is 12.6. The first-order valence-corrected chi connectivity index (χ1v) is 8.49. The molecule has 1 aliphatic rings. The number of ketones is 1. The van der Waals surface area contributed by atoms with Crippen molar-refractivity contribution in [1.29, 1.82) is 0 Å². The molecule has 0 spiro atoms. The highest BCUT2D eigenvalue weighted by Gasteiger charge is 2.49. The first-order chi connectivity index (χ1) is 11.2. The molecule has 0 unspecified atom stereocenters. The van der Waals surface area contributed by atoms with E-state index < -0.39 is 11.2 Å². The van der Waals surface area contributed by atoms with Gasteiger partial charge in [-0.15, -0.1) is 0 Å². The van der Waals surface area contributed by atoms with E-state index in [0.29, 0.717) is 17.9 Å². The van der Waals surface area contributed by atoms with Crippen molar-refractivity contribution in [3.8, 4) is 11.5 Å². The van der Waals surface area contributed by atoms with Gasteiger partial charge in [0.05, 0.1) is 19.3 Å². The van der Waals surface area contributed by atoms with Crippen LogP contribution >= 0.6 is 0 Å². The number of methoxy groups -OCH3 is 1. The highest BCUT2D eigenvalue weighted by Crippen LogP contribution is 2.40. The van der Waals surface area contributed by atoms with Gasteiger partial charge in [-0.2, -0.15) is 0 Å². The number of benzene rings is 1. The molecule has 24 heavy (non-hydrogen) atoms. The molecule has 132 valence electrons. The predicted molar refractivity (Wildman–Crippen MR) is 95.6 cm³/mol. The Kier molecular flexibility index (Phi) is 5.38. The fourth-order valence-corrected chi connectivity index (χ4v) is 2.96. The van der Waals surface area contributed by atoms with Crippen molar-refractivity contribution in [2.45, 2.75) is 58.7 Å². The van der Waals surface area contributed by atoms with E-state index in [9.17, 15) is 4.79 Å². The zero-order valence-electron chi connectivity index (χ0n) is 15.6. The van der Waals surface area contributed by atoms with Crippen LogP contribution in [-0.4, -0.2) is 30.7 Å². The molecule has 0 saturated carbocycles. The predicted octanol–water partition coefficient (Wildman–Crippen LogP) is 4.41. The third-order valence-corrected chi connectivity index (χ3v) is 4.20. The third kappa shape index (κ3) is 3.81. The van der Waals surface area contributed by atoms with Crippen molar-refractivity contribution in [2.75, 3.05) is 13.7 Å². The van der Waals surface area contributed by atoms with E-state index in [-0.39, 0.29) is 5.78 Å². The fraction of sp³-hybridized carbons (Fsp3) is 0.550. The number of Topliss-reactive ketones (excluding diaryl/α,β-unsaturated/α-hetero) is 1. The summed E-state index contributed by atoms with van der Waals surface area (Å²) < 4.78 is 17.1. The summed E-state index contributed by atoms with van der Waals surface area (Å²) in [6.45, 7) is 10.3. The zero-order chi connectivity index (χ0) is 18.0. The normalized spacial score (nSPS) is 20.4. The topological polar surface area (TPSA) is 44.8 Å². The van der Waals surface area contributed by atoms with Crippen LogP contribution in [0.4, 0.5) is 0 Å². The number of ether oxygens (including phenoxy) is 3. The molecule has 0 amide bonds. The van der Waals surface area contributed by atoms with E-state index in [1.54, 1.807) is 7.11 Å². The molecule has 0 N–H and O–H groups in total. The van der Waals surface area contributed by atoms with Crippen LogP contribution in [0.2, 0.25) is 0 Å². The van der Waals surface area contributed by atoms with Crippen LogP contribution in [0.1, 0.15) is 53.0 Å². The Bertz CT molecular complexity index is 641. The van der Waals surface area contributed by atoms with Crippen molar-refractivity contribution in [3.05, 3.63) is 29.3 Å². The lowest BCUT2D eigenvalue weighted by Gasteiger charge is -2.22. The Morgan fingerprint density at radius 3 is 2.38 bits per heavy atom. The molecule has 1 saturated heterocycles. The average molecular weight is 332 g/mol. The maximum atomic E-state index is 12.6. The second-order valence-corrected chi connectivity index (χ2v) is 7.12. The Morgan fingerprint density at radius 2 is 1.83 bits per heavy atom. The van der Waals surface area contributed by atoms with Crippen LogP contribution in [0.25, 0.3) is 6.08 Å². The molecule has 0 aromatic heterocycles. The third-order valence-electron chi connectivity index (χ3n) is 4.20. The lowest BCUT2D eigenvalue weighted by atomic mass is 9.91. The quantitative estimate of drug-likeness (QED) is 0.571. The minimum absolute atomic E-state index is 0.0229. The molecule has 0 atom stereocenters. The molecule has 0 bridgehead atoms. The first-order valence-electron chi connectivity index (χ1n) is 8.49. The average Bonchev–Trinajstić information content (AvgIpc) is 2.66. The van der Waals surface area contributed by atoms with Gasteiger partial charge in [0, 0.05) is 5.57 Å². The molecular formula is C20H28O4. The van der Waals surface area contributed by atoms with Gasteiger partial charge in [-0.05, 0) is 57.9 Å². The summed E-state index contributed by atoms with van der Waals surface area (Å²) in [4.78, 5) is 12.6. The molecule has 1 aromatic carbocycles. The molecule has 0 aliphatic carbocycles. The Hall–Kier alpha value is -1.81.